The number of benzene rings is 1. The predicted octanol–water partition coefficient (Wildman–Crippen LogP) is 1.07. The zero-order valence-corrected chi connectivity index (χ0v) is 12.1. The summed E-state index contributed by atoms with van der Waals surface area (Å²) in [6, 6.07) is 6.48. The fourth-order valence-electron chi connectivity index (χ4n) is 2.34. The van der Waals surface area contributed by atoms with Crippen molar-refractivity contribution in [1.82, 2.24) is 4.90 Å². The Labute approximate surface area is 123 Å². The molecule has 0 spiro atoms. The second-order valence-corrected chi connectivity index (χ2v) is 5.10. The van der Waals surface area contributed by atoms with Crippen LogP contribution in [0.4, 0.5) is 0 Å². The molecule has 1 fully saturated rings. The minimum Gasteiger partial charge on any atom is -0.484 e. The van der Waals surface area contributed by atoms with Gasteiger partial charge in [0.1, 0.15) is 11.8 Å². The first kappa shape index (κ1) is 15.3. The fourth-order valence-corrected chi connectivity index (χ4v) is 2.34. The second kappa shape index (κ2) is 6.58. The Balaban J connectivity index is 1.95. The van der Waals surface area contributed by atoms with E-state index in [2.05, 4.69) is 0 Å². The van der Waals surface area contributed by atoms with Crippen molar-refractivity contribution in [3.05, 3.63) is 29.8 Å². The SMILES string of the molecule is COC1CC(C(=O)O)N(C(=O)COc2ccc(C)cc2)C1. The lowest BCUT2D eigenvalue weighted by Gasteiger charge is -2.21. The zero-order valence-electron chi connectivity index (χ0n) is 12.1. The number of amides is 1. The minimum absolute atomic E-state index is 0.177. The van der Waals surface area contributed by atoms with Gasteiger partial charge in [-0.2, -0.15) is 0 Å². The largest absolute Gasteiger partial charge is 0.484 e. The van der Waals surface area contributed by atoms with E-state index in [4.69, 9.17) is 9.47 Å². The topological polar surface area (TPSA) is 76.1 Å². The van der Waals surface area contributed by atoms with E-state index in [1.807, 2.05) is 19.1 Å². The molecule has 0 saturated carbocycles. The summed E-state index contributed by atoms with van der Waals surface area (Å²) in [5.74, 6) is -0.774. The van der Waals surface area contributed by atoms with Gasteiger partial charge in [0.2, 0.25) is 0 Å². The van der Waals surface area contributed by atoms with Gasteiger partial charge in [-0.05, 0) is 19.1 Å². The van der Waals surface area contributed by atoms with Gasteiger partial charge in [-0.3, -0.25) is 4.79 Å². The molecule has 0 radical (unpaired) electrons. The average Bonchev–Trinajstić information content (AvgIpc) is 2.91. The van der Waals surface area contributed by atoms with Crippen LogP contribution in [0.5, 0.6) is 5.75 Å². The molecule has 1 aliphatic heterocycles. The molecule has 1 N–H and O–H groups in total. The van der Waals surface area contributed by atoms with Crippen LogP contribution < -0.4 is 4.74 Å². The van der Waals surface area contributed by atoms with Crippen LogP contribution in [0.1, 0.15) is 12.0 Å². The smallest absolute Gasteiger partial charge is 0.326 e. The van der Waals surface area contributed by atoms with Gasteiger partial charge in [-0.25, -0.2) is 4.79 Å². The number of aliphatic carboxylic acids is 1. The number of carboxylic acids is 1. The number of hydrogen-bond acceptors (Lipinski definition) is 4. The molecule has 2 atom stereocenters. The lowest BCUT2D eigenvalue weighted by atomic mass is 10.2. The van der Waals surface area contributed by atoms with E-state index in [0.717, 1.165) is 5.56 Å². The molecule has 1 aromatic rings. The molecule has 114 valence electrons. The normalized spacial score (nSPS) is 21.3. The fraction of sp³-hybridized carbons (Fsp3) is 0.467. The van der Waals surface area contributed by atoms with Crippen LogP contribution >= 0.6 is 0 Å². The molecule has 21 heavy (non-hydrogen) atoms. The summed E-state index contributed by atoms with van der Waals surface area (Å²) < 4.78 is 10.6. The summed E-state index contributed by atoms with van der Waals surface area (Å²) in [5.41, 5.74) is 1.10. The number of ether oxygens (including phenoxy) is 2. The van der Waals surface area contributed by atoms with Gasteiger partial charge in [0.15, 0.2) is 6.61 Å². The Kier molecular flexibility index (Phi) is 4.80. The van der Waals surface area contributed by atoms with Gasteiger partial charge in [0.05, 0.1) is 6.10 Å². The summed E-state index contributed by atoms with van der Waals surface area (Å²) in [6.07, 6.45) is 0.0664. The van der Waals surface area contributed by atoms with Crippen molar-refractivity contribution in [2.24, 2.45) is 0 Å². The summed E-state index contributed by atoms with van der Waals surface area (Å²) in [5, 5.41) is 9.17. The van der Waals surface area contributed by atoms with E-state index in [9.17, 15) is 14.7 Å². The van der Waals surface area contributed by atoms with Gasteiger partial charge in [-0.1, -0.05) is 17.7 Å². The van der Waals surface area contributed by atoms with Crippen molar-refractivity contribution in [2.45, 2.75) is 25.5 Å². The number of aryl methyl sites for hydroxylation is 1. The Morgan fingerprint density at radius 3 is 2.57 bits per heavy atom. The van der Waals surface area contributed by atoms with Crippen LogP contribution in [0.15, 0.2) is 24.3 Å². The molecule has 0 aromatic heterocycles. The van der Waals surface area contributed by atoms with Crippen LogP contribution in [0.3, 0.4) is 0 Å². The monoisotopic (exact) mass is 293 g/mol. The molecule has 0 bridgehead atoms. The molecule has 1 amide bonds. The molecule has 6 nitrogen and oxygen atoms in total. The van der Waals surface area contributed by atoms with E-state index in [0.29, 0.717) is 12.2 Å². The van der Waals surface area contributed by atoms with Gasteiger partial charge in [-0.15, -0.1) is 0 Å². The third-order valence-corrected chi connectivity index (χ3v) is 3.58. The van der Waals surface area contributed by atoms with Crippen LogP contribution in [-0.4, -0.2) is 54.3 Å². The highest BCUT2D eigenvalue weighted by Crippen LogP contribution is 2.21. The maximum absolute atomic E-state index is 12.1. The number of carbonyl (C=O) groups excluding carboxylic acids is 1. The maximum Gasteiger partial charge on any atom is 0.326 e. The maximum atomic E-state index is 12.1. The van der Waals surface area contributed by atoms with Crippen LogP contribution in [0.2, 0.25) is 0 Å². The van der Waals surface area contributed by atoms with Gasteiger partial charge < -0.3 is 19.5 Å². The van der Waals surface area contributed by atoms with Crippen molar-refractivity contribution in [3.8, 4) is 5.75 Å². The number of likely N-dealkylation sites (tertiary alicyclic amines) is 1. The number of carbonyl (C=O) groups is 2. The summed E-state index contributed by atoms with van der Waals surface area (Å²) >= 11 is 0. The minimum atomic E-state index is -1.02. The molecule has 0 aliphatic carbocycles. The third-order valence-electron chi connectivity index (χ3n) is 3.58. The number of carboxylic acid groups (broad SMARTS) is 1. The molecule has 2 rings (SSSR count). The number of methoxy groups -OCH3 is 1. The summed E-state index contributed by atoms with van der Waals surface area (Å²) in [7, 11) is 1.51. The molecule has 1 saturated heterocycles. The first-order valence-electron chi connectivity index (χ1n) is 6.75. The standard InChI is InChI=1S/C15H19NO5/c1-10-3-5-11(6-4-10)21-9-14(17)16-8-12(20-2)7-13(16)15(18)19/h3-6,12-13H,7-9H2,1-2H3,(H,18,19). The Hall–Kier alpha value is -2.08. The van der Waals surface area contributed by atoms with E-state index in [-0.39, 0.29) is 25.2 Å². The highest BCUT2D eigenvalue weighted by Gasteiger charge is 2.39. The number of hydrogen-bond donors (Lipinski definition) is 1. The van der Waals surface area contributed by atoms with Crippen LogP contribution in [0.25, 0.3) is 0 Å². The van der Waals surface area contributed by atoms with Crippen molar-refractivity contribution >= 4 is 11.9 Å². The van der Waals surface area contributed by atoms with E-state index >= 15 is 0 Å². The highest BCUT2D eigenvalue weighted by atomic mass is 16.5. The van der Waals surface area contributed by atoms with Crippen molar-refractivity contribution in [3.63, 3.8) is 0 Å². The first-order valence-corrected chi connectivity index (χ1v) is 6.75. The zero-order chi connectivity index (χ0) is 15.4. The van der Waals surface area contributed by atoms with Crippen LogP contribution in [0, 0.1) is 6.92 Å². The Morgan fingerprint density at radius 1 is 1.33 bits per heavy atom. The number of rotatable bonds is 5. The van der Waals surface area contributed by atoms with Crippen LogP contribution in [-0.2, 0) is 14.3 Å². The molecular formula is C15H19NO5. The second-order valence-electron chi connectivity index (χ2n) is 5.10. The molecule has 1 heterocycles. The number of nitrogens with zero attached hydrogens (tertiary/aromatic N) is 1. The molecule has 1 aromatic carbocycles. The van der Waals surface area contributed by atoms with E-state index < -0.39 is 12.0 Å². The van der Waals surface area contributed by atoms with E-state index in [1.54, 1.807) is 12.1 Å². The van der Waals surface area contributed by atoms with Crippen molar-refractivity contribution in [2.75, 3.05) is 20.3 Å². The van der Waals surface area contributed by atoms with Gasteiger partial charge in [0, 0.05) is 20.1 Å². The lowest BCUT2D eigenvalue weighted by molar-refractivity contribution is -0.148. The summed E-state index contributed by atoms with van der Waals surface area (Å²) in [6.45, 7) is 2.06. The van der Waals surface area contributed by atoms with Crippen molar-refractivity contribution < 1.29 is 24.2 Å². The van der Waals surface area contributed by atoms with Gasteiger partial charge in [0.25, 0.3) is 5.91 Å². The lowest BCUT2D eigenvalue weighted by Crippen LogP contribution is -2.43. The van der Waals surface area contributed by atoms with Gasteiger partial charge >= 0.3 is 5.97 Å². The average molecular weight is 293 g/mol. The molecule has 2 unspecified atom stereocenters. The summed E-state index contributed by atoms with van der Waals surface area (Å²) in [4.78, 5) is 24.7. The molecule has 6 heteroatoms. The van der Waals surface area contributed by atoms with E-state index in [1.165, 1.54) is 12.0 Å². The quantitative estimate of drug-likeness (QED) is 0.879. The van der Waals surface area contributed by atoms with Crippen molar-refractivity contribution in [1.29, 1.82) is 0 Å². The predicted molar refractivity (Wildman–Crippen MR) is 75.2 cm³/mol. The molecule has 1 aliphatic rings. The Bertz CT molecular complexity index is 513. The molecular weight excluding hydrogens is 274 g/mol. The Morgan fingerprint density at radius 2 is 2.00 bits per heavy atom. The third kappa shape index (κ3) is 3.72. The highest BCUT2D eigenvalue weighted by molar-refractivity contribution is 5.85. The first-order chi connectivity index (χ1) is 10.0.